The molecule has 3 fully saturated rings. The lowest BCUT2D eigenvalue weighted by atomic mass is 9.34. The highest BCUT2D eigenvalue weighted by Gasteiger charge is 2.71. The Bertz CT molecular complexity index is 1270. The molecule has 3 saturated carbocycles. The number of Topliss-reactive ketones (excluding diaryl/α,β-unsaturated/α-hetero) is 1. The number of H-pyrrole nitrogens is 1. The van der Waals surface area contributed by atoms with Gasteiger partial charge in [0.25, 0.3) is 5.91 Å². The van der Waals surface area contributed by atoms with Gasteiger partial charge in [0.2, 0.25) is 0 Å². The Morgan fingerprint density at radius 3 is 2.00 bits per heavy atom. The van der Waals surface area contributed by atoms with Crippen LogP contribution in [0.3, 0.4) is 0 Å². The maximum absolute atomic E-state index is 13.0. The highest BCUT2D eigenvalue weighted by Crippen LogP contribution is 2.75. The van der Waals surface area contributed by atoms with Crippen molar-refractivity contribution in [2.24, 2.45) is 10.8 Å². The van der Waals surface area contributed by atoms with E-state index in [9.17, 15) is 24.3 Å². The minimum absolute atomic E-state index is 0.0799. The number of carbonyl (C=O) groups is 3. The molecule has 3 aliphatic rings. The number of carbonyl (C=O) groups excluding carboxylic acids is 2. The largest absolute Gasteiger partial charge is 0.481 e. The SMILES string of the molecule is O=C(CC12CC(C(=O)O)(C1)C2)c1cc(=O)c(C(=O)NC(c2ccccc2)c2ccccc2)c[nH]1. The number of hydrogen-bond donors (Lipinski definition) is 3. The summed E-state index contributed by atoms with van der Waals surface area (Å²) in [5.74, 6) is -1.58. The Morgan fingerprint density at radius 1 is 0.941 bits per heavy atom. The van der Waals surface area contributed by atoms with Gasteiger partial charge in [-0.1, -0.05) is 60.7 Å². The molecular formula is C27H24N2O5. The van der Waals surface area contributed by atoms with Crippen molar-refractivity contribution >= 4 is 17.7 Å². The van der Waals surface area contributed by atoms with Crippen LogP contribution in [0.4, 0.5) is 0 Å². The first-order chi connectivity index (χ1) is 16.3. The molecule has 0 unspecified atom stereocenters. The second kappa shape index (κ2) is 8.09. The van der Waals surface area contributed by atoms with Crippen molar-refractivity contribution in [3.63, 3.8) is 0 Å². The third-order valence-corrected chi connectivity index (χ3v) is 7.13. The number of nitrogens with one attached hydrogen (secondary N) is 2. The highest BCUT2D eigenvalue weighted by atomic mass is 16.4. The number of aromatic amines is 1. The maximum Gasteiger partial charge on any atom is 0.309 e. The lowest BCUT2D eigenvalue weighted by Crippen LogP contribution is -2.65. The van der Waals surface area contributed by atoms with E-state index in [4.69, 9.17) is 0 Å². The van der Waals surface area contributed by atoms with Gasteiger partial charge in [0.1, 0.15) is 5.56 Å². The van der Waals surface area contributed by atoms with Crippen LogP contribution in [0.15, 0.2) is 77.7 Å². The second-order valence-electron chi connectivity index (χ2n) is 9.57. The Labute approximate surface area is 195 Å². The molecule has 0 spiro atoms. The zero-order valence-electron chi connectivity index (χ0n) is 18.4. The van der Waals surface area contributed by atoms with Crippen LogP contribution in [-0.4, -0.2) is 27.8 Å². The van der Waals surface area contributed by atoms with Crippen molar-refractivity contribution in [2.45, 2.75) is 31.7 Å². The standard InChI is InChI=1S/C27H24N2O5/c30-21-11-20(22(31)12-26-14-27(15-26,16-26)25(33)34)28-13-19(21)24(32)29-23(17-7-3-1-4-8-17)18-9-5-2-6-10-18/h1-11,13,23H,12,14-16H2,(H,28,30)(H,29,32)(H,33,34). The summed E-state index contributed by atoms with van der Waals surface area (Å²) in [7, 11) is 0. The average Bonchev–Trinajstić information content (AvgIpc) is 2.79. The summed E-state index contributed by atoms with van der Waals surface area (Å²) >= 11 is 0. The Kier molecular flexibility index (Phi) is 5.20. The first-order valence-corrected chi connectivity index (χ1v) is 11.2. The van der Waals surface area contributed by atoms with Gasteiger partial charge in [-0.25, -0.2) is 0 Å². The minimum Gasteiger partial charge on any atom is -0.481 e. The molecule has 1 aromatic heterocycles. The molecule has 2 aromatic carbocycles. The van der Waals surface area contributed by atoms with Gasteiger partial charge >= 0.3 is 5.97 Å². The predicted molar refractivity (Wildman–Crippen MR) is 125 cm³/mol. The van der Waals surface area contributed by atoms with Gasteiger partial charge in [0.15, 0.2) is 11.2 Å². The molecule has 0 aliphatic heterocycles. The van der Waals surface area contributed by atoms with E-state index in [1.54, 1.807) is 0 Å². The van der Waals surface area contributed by atoms with Crippen molar-refractivity contribution in [3.8, 4) is 0 Å². The molecule has 1 heterocycles. The van der Waals surface area contributed by atoms with Crippen LogP contribution >= 0.6 is 0 Å². The molecule has 7 heteroatoms. The van der Waals surface area contributed by atoms with Crippen LogP contribution in [0.25, 0.3) is 0 Å². The fourth-order valence-corrected chi connectivity index (χ4v) is 5.52. The van der Waals surface area contributed by atoms with Crippen molar-refractivity contribution in [3.05, 3.63) is 106 Å². The first-order valence-electron chi connectivity index (χ1n) is 11.2. The molecule has 172 valence electrons. The van der Waals surface area contributed by atoms with E-state index >= 15 is 0 Å². The smallest absolute Gasteiger partial charge is 0.309 e. The first kappa shape index (κ1) is 21.8. The van der Waals surface area contributed by atoms with Gasteiger partial charge in [-0.05, 0) is 35.8 Å². The average molecular weight is 456 g/mol. The van der Waals surface area contributed by atoms with Crippen LogP contribution in [0, 0.1) is 10.8 Å². The molecular weight excluding hydrogens is 432 g/mol. The third-order valence-electron chi connectivity index (χ3n) is 7.13. The van der Waals surface area contributed by atoms with Crippen molar-refractivity contribution < 1.29 is 19.5 Å². The number of benzene rings is 2. The van der Waals surface area contributed by atoms with E-state index in [0.29, 0.717) is 19.3 Å². The van der Waals surface area contributed by atoms with Crippen molar-refractivity contribution in [1.29, 1.82) is 0 Å². The molecule has 2 bridgehead atoms. The fourth-order valence-electron chi connectivity index (χ4n) is 5.52. The number of pyridine rings is 1. The van der Waals surface area contributed by atoms with Crippen LogP contribution in [0.2, 0.25) is 0 Å². The molecule has 0 radical (unpaired) electrons. The van der Waals surface area contributed by atoms with Gasteiger partial charge in [-0.2, -0.15) is 0 Å². The summed E-state index contributed by atoms with van der Waals surface area (Å²) in [6.45, 7) is 0. The normalized spacial score (nSPS) is 22.4. The second-order valence-corrected chi connectivity index (χ2v) is 9.57. The molecule has 3 aromatic rings. The summed E-state index contributed by atoms with van der Waals surface area (Å²) < 4.78 is 0. The van der Waals surface area contributed by atoms with Crippen molar-refractivity contribution in [2.75, 3.05) is 0 Å². The van der Waals surface area contributed by atoms with E-state index < -0.39 is 28.8 Å². The maximum atomic E-state index is 13.0. The predicted octanol–water partition coefficient (Wildman–Crippen LogP) is 3.72. The van der Waals surface area contributed by atoms with E-state index in [-0.39, 0.29) is 28.9 Å². The summed E-state index contributed by atoms with van der Waals surface area (Å²) in [5.41, 5.74) is 0.358. The van der Waals surface area contributed by atoms with Gasteiger partial charge in [-0.15, -0.1) is 0 Å². The summed E-state index contributed by atoms with van der Waals surface area (Å²) in [5, 5.41) is 12.2. The Hall–Kier alpha value is -4.00. The van der Waals surface area contributed by atoms with Crippen LogP contribution < -0.4 is 10.7 Å². The number of rotatable bonds is 8. The molecule has 0 saturated heterocycles. The van der Waals surface area contributed by atoms with E-state index in [1.165, 1.54) is 6.20 Å². The number of carboxylic acids is 1. The number of ketones is 1. The van der Waals surface area contributed by atoms with E-state index in [0.717, 1.165) is 17.2 Å². The summed E-state index contributed by atoms with van der Waals surface area (Å²) in [4.78, 5) is 52.5. The van der Waals surface area contributed by atoms with Crippen molar-refractivity contribution in [1.82, 2.24) is 10.3 Å². The molecule has 7 nitrogen and oxygen atoms in total. The lowest BCUT2D eigenvalue weighted by Gasteiger charge is -2.68. The van der Waals surface area contributed by atoms with E-state index in [2.05, 4.69) is 10.3 Å². The highest BCUT2D eigenvalue weighted by molar-refractivity contribution is 5.98. The molecule has 1 amide bonds. The van der Waals surface area contributed by atoms with Crippen LogP contribution in [0.5, 0.6) is 0 Å². The fraction of sp³-hybridized carbons (Fsp3) is 0.259. The Morgan fingerprint density at radius 2 is 1.50 bits per heavy atom. The van der Waals surface area contributed by atoms with Gasteiger partial charge in [-0.3, -0.25) is 19.2 Å². The van der Waals surface area contributed by atoms with Gasteiger partial charge in [0.05, 0.1) is 17.2 Å². The molecule has 3 N–H and O–H groups in total. The number of carboxylic acid groups (broad SMARTS) is 1. The molecule has 3 aliphatic carbocycles. The number of aliphatic carboxylic acids is 1. The summed E-state index contributed by atoms with van der Waals surface area (Å²) in [6.07, 6.45) is 3.00. The van der Waals surface area contributed by atoms with Gasteiger partial charge in [0, 0.05) is 18.7 Å². The quantitative estimate of drug-likeness (QED) is 0.447. The molecule has 6 rings (SSSR count). The zero-order chi connectivity index (χ0) is 23.9. The third kappa shape index (κ3) is 3.73. The summed E-state index contributed by atoms with van der Waals surface area (Å²) in [6, 6.07) is 19.7. The van der Waals surface area contributed by atoms with Crippen LogP contribution in [0.1, 0.15) is 63.7 Å². The van der Waals surface area contributed by atoms with Gasteiger partial charge < -0.3 is 15.4 Å². The monoisotopic (exact) mass is 456 g/mol. The minimum atomic E-state index is -0.796. The molecule has 0 atom stereocenters. The lowest BCUT2D eigenvalue weighted by molar-refractivity contribution is -0.221. The number of hydrogen-bond acceptors (Lipinski definition) is 4. The number of aromatic nitrogens is 1. The topological polar surface area (TPSA) is 116 Å². The molecule has 34 heavy (non-hydrogen) atoms. The van der Waals surface area contributed by atoms with Crippen LogP contribution in [-0.2, 0) is 4.79 Å². The number of amides is 1. The zero-order valence-corrected chi connectivity index (χ0v) is 18.4. The van der Waals surface area contributed by atoms with E-state index in [1.807, 2.05) is 60.7 Å². The Balaban J connectivity index is 1.31.